The Morgan fingerprint density at radius 1 is 0.706 bits per heavy atom. The Hall–Kier alpha value is -4.82. The summed E-state index contributed by atoms with van der Waals surface area (Å²) in [7, 11) is 0. The molecule has 0 saturated heterocycles. The van der Waals surface area contributed by atoms with Crippen molar-refractivity contribution in [2.45, 2.75) is 131 Å². The summed E-state index contributed by atoms with van der Waals surface area (Å²) in [6, 6.07) is 6.90. The number of benzene rings is 1. The van der Waals surface area contributed by atoms with Crippen LogP contribution in [0.1, 0.15) is 106 Å². The molecule has 2 aromatic rings. The molecule has 1 aromatic carbocycles. The Kier molecular flexibility index (Phi) is 16.2. The maximum absolute atomic E-state index is 12.2. The number of hydrogen-bond acceptors (Lipinski definition) is 9. The molecule has 0 spiro atoms. The molecule has 1 aromatic heterocycles. The van der Waals surface area contributed by atoms with Gasteiger partial charge in [-0.05, 0) is 106 Å². The number of carbonyl (C=O) groups excluding carboxylic acids is 3. The third kappa shape index (κ3) is 18.7. The highest BCUT2D eigenvalue weighted by Gasteiger charge is 2.20. The zero-order valence-electron chi connectivity index (χ0n) is 31.7. The molecule has 0 saturated carbocycles. The number of aryl methyl sites for hydroxylation is 2. The number of amides is 3. The van der Waals surface area contributed by atoms with E-state index in [0.717, 1.165) is 38.6 Å². The topological polar surface area (TPSA) is 194 Å². The molecule has 15 nitrogen and oxygen atoms in total. The number of aliphatic imine (C=N–C) groups is 1. The number of nitrogens with one attached hydrogen (secondary N) is 5. The van der Waals surface area contributed by atoms with E-state index in [1.165, 1.54) is 0 Å². The summed E-state index contributed by atoms with van der Waals surface area (Å²) in [6.07, 6.45) is 7.01. The zero-order chi connectivity index (χ0) is 38.2. The summed E-state index contributed by atoms with van der Waals surface area (Å²) in [5, 5.41) is 24.5. The standard InChI is InChI=1S/C36H58N8O7/c1-34(2,3)49-31(45)40-28(37)26-16-18-27(19-17-26)48-25-15-22-44-24-23-43(29(44)38)21-14-12-10-11-13-20-39-30(41-32(46)50-35(4,5)6)42-33(47)51-36(7,8)9/h16-19,23-24,38H,10-15,20-22,25H2,1-9H3,(H2,37,40,45)(H2,39,41,42,46,47). The molecule has 5 N–H and O–H groups in total. The van der Waals surface area contributed by atoms with Gasteiger partial charge in [-0.3, -0.25) is 21.5 Å². The van der Waals surface area contributed by atoms with Crippen LogP contribution >= 0.6 is 0 Å². The molecule has 0 radical (unpaired) electrons. The minimum Gasteiger partial charge on any atom is -0.494 e. The lowest BCUT2D eigenvalue weighted by atomic mass is 10.1. The third-order valence-electron chi connectivity index (χ3n) is 6.64. The van der Waals surface area contributed by atoms with E-state index in [-0.39, 0.29) is 11.8 Å². The number of nitrogens with zero attached hydrogens (tertiary/aromatic N) is 3. The SMILES string of the molecule is CC(C)(C)OC(=O)/N=C(\NCCCCCCCn1ccn(CCCOc2ccc(C(=N)NC(=O)OC(C)(C)C)cc2)c1=N)NC(=O)OC(C)(C)C. The molecule has 0 aliphatic heterocycles. The van der Waals surface area contributed by atoms with Crippen molar-refractivity contribution in [1.29, 1.82) is 10.8 Å². The van der Waals surface area contributed by atoms with E-state index >= 15 is 0 Å². The summed E-state index contributed by atoms with van der Waals surface area (Å²) in [5.41, 5.74) is -1.09. The molecule has 0 aliphatic rings. The normalized spacial score (nSPS) is 12.1. The Morgan fingerprint density at radius 2 is 1.22 bits per heavy atom. The lowest BCUT2D eigenvalue weighted by Crippen LogP contribution is -2.44. The van der Waals surface area contributed by atoms with Crippen molar-refractivity contribution in [2.75, 3.05) is 13.2 Å². The van der Waals surface area contributed by atoms with Crippen LogP contribution in [0.4, 0.5) is 14.4 Å². The second-order valence-electron chi connectivity index (χ2n) is 15.0. The molecule has 0 aliphatic carbocycles. The van der Waals surface area contributed by atoms with Crippen molar-refractivity contribution in [3.63, 3.8) is 0 Å². The van der Waals surface area contributed by atoms with Gasteiger partial charge in [-0.15, -0.1) is 4.99 Å². The fraction of sp³-hybridized carbons (Fsp3) is 0.611. The van der Waals surface area contributed by atoms with Crippen molar-refractivity contribution >= 4 is 30.1 Å². The molecular formula is C36H58N8O7. The average molecular weight is 715 g/mol. The number of imidazole rings is 1. The number of aromatic nitrogens is 2. The smallest absolute Gasteiger partial charge is 0.437 e. The summed E-state index contributed by atoms with van der Waals surface area (Å²) in [4.78, 5) is 40.2. The number of unbranched alkanes of at least 4 members (excludes halogenated alkanes) is 4. The van der Waals surface area contributed by atoms with E-state index in [1.807, 2.05) is 21.5 Å². The van der Waals surface area contributed by atoms with Crippen LogP contribution in [0.25, 0.3) is 0 Å². The summed E-state index contributed by atoms with van der Waals surface area (Å²) in [5.74, 6) is 0.581. The maximum atomic E-state index is 12.2. The van der Waals surface area contributed by atoms with E-state index in [1.54, 1.807) is 86.6 Å². The minimum absolute atomic E-state index is 0.0173. The van der Waals surface area contributed by atoms with E-state index < -0.39 is 35.1 Å². The van der Waals surface area contributed by atoms with Crippen molar-refractivity contribution < 1.29 is 33.3 Å². The molecule has 0 fully saturated rings. The molecule has 1 heterocycles. The van der Waals surface area contributed by atoms with Crippen LogP contribution in [0.3, 0.4) is 0 Å². The van der Waals surface area contributed by atoms with Gasteiger partial charge in [0.05, 0.1) is 6.61 Å². The number of carbonyl (C=O) groups is 3. The van der Waals surface area contributed by atoms with Gasteiger partial charge < -0.3 is 33.4 Å². The molecule has 0 bridgehead atoms. The van der Waals surface area contributed by atoms with Gasteiger partial charge in [0.2, 0.25) is 11.6 Å². The van der Waals surface area contributed by atoms with Crippen LogP contribution in [0.15, 0.2) is 41.7 Å². The first-order valence-electron chi connectivity index (χ1n) is 17.4. The van der Waals surface area contributed by atoms with Crippen LogP contribution in [0.5, 0.6) is 5.75 Å². The Morgan fingerprint density at radius 3 is 1.78 bits per heavy atom. The Labute approximate surface area is 301 Å². The third-order valence-corrected chi connectivity index (χ3v) is 6.64. The summed E-state index contributed by atoms with van der Waals surface area (Å²) < 4.78 is 25.4. The average Bonchev–Trinajstić information content (AvgIpc) is 3.32. The number of ether oxygens (including phenoxy) is 4. The molecule has 2 rings (SSSR count). The van der Waals surface area contributed by atoms with Crippen LogP contribution < -0.4 is 26.3 Å². The quantitative estimate of drug-likeness (QED) is 0.0638. The van der Waals surface area contributed by atoms with E-state index in [0.29, 0.717) is 43.0 Å². The molecule has 15 heteroatoms. The lowest BCUT2D eigenvalue weighted by molar-refractivity contribution is 0.0547. The fourth-order valence-corrected chi connectivity index (χ4v) is 4.48. The van der Waals surface area contributed by atoms with Gasteiger partial charge in [0.15, 0.2) is 0 Å². The highest BCUT2D eigenvalue weighted by molar-refractivity contribution is 6.04. The number of guanidine groups is 1. The first-order chi connectivity index (χ1) is 23.7. The van der Waals surface area contributed by atoms with Gasteiger partial charge >= 0.3 is 18.3 Å². The molecule has 0 unspecified atom stereocenters. The largest absolute Gasteiger partial charge is 0.494 e. The molecule has 3 amide bonds. The van der Waals surface area contributed by atoms with Gasteiger partial charge in [0.25, 0.3) is 0 Å². The fourth-order valence-electron chi connectivity index (χ4n) is 4.48. The van der Waals surface area contributed by atoms with Crippen LogP contribution in [-0.4, -0.2) is 69.2 Å². The van der Waals surface area contributed by atoms with Gasteiger partial charge in [-0.25, -0.2) is 14.4 Å². The number of hydrogen-bond donors (Lipinski definition) is 5. The Bertz CT molecular complexity index is 1520. The van der Waals surface area contributed by atoms with Crippen molar-refractivity contribution in [3.05, 3.63) is 47.8 Å². The van der Waals surface area contributed by atoms with E-state index in [4.69, 9.17) is 29.8 Å². The van der Waals surface area contributed by atoms with Crippen LogP contribution in [-0.2, 0) is 27.3 Å². The van der Waals surface area contributed by atoms with Crippen molar-refractivity contribution in [3.8, 4) is 5.75 Å². The minimum atomic E-state index is -0.813. The lowest BCUT2D eigenvalue weighted by Gasteiger charge is -2.21. The number of rotatable bonds is 14. The molecule has 51 heavy (non-hydrogen) atoms. The van der Waals surface area contributed by atoms with Gasteiger partial charge in [0, 0.05) is 37.6 Å². The number of alkyl carbamates (subject to hydrolysis) is 2. The summed E-state index contributed by atoms with van der Waals surface area (Å²) >= 11 is 0. The first-order valence-corrected chi connectivity index (χ1v) is 17.4. The second kappa shape index (κ2) is 19.5. The molecular weight excluding hydrogens is 656 g/mol. The van der Waals surface area contributed by atoms with E-state index in [2.05, 4.69) is 20.9 Å². The number of amidine groups is 1. The zero-order valence-corrected chi connectivity index (χ0v) is 31.7. The van der Waals surface area contributed by atoms with Gasteiger partial charge in [-0.1, -0.05) is 19.3 Å². The highest BCUT2D eigenvalue weighted by Crippen LogP contribution is 2.14. The summed E-state index contributed by atoms with van der Waals surface area (Å²) in [6.45, 7) is 18.1. The van der Waals surface area contributed by atoms with Crippen molar-refractivity contribution in [1.82, 2.24) is 25.1 Å². The van der Waals surface area contributed by atoms with Crippen LogP contribution in [0, 0.1) is 10.8 Å². The molecule has 0 atom stereocenters. The van der Waals surface area contributed by atoms with Crippen LogP contribution in [0.2, 0.25) is 0 Å². The highest BCUT2D eigenvalue weighted by atomic mass is 16.6. The van der Waals surface area contributed by atoms with Gasteiger partial charge in [-0.2, -0.15) is 0 Å². The second-order valence-corrected chi connectivity index (χ2v) is 15.0. The van der Waals surface area contributed by atoms with Crippen molar-refractivity contribution in [2.24, 2.45) is 4.99 Å². The predicted octanol–water partition coefficient (Wildman–Crippen LogP) is 6.44. The Balaban J connectivity index is 1.68. The molecule has 284 valence electrons. The predicted molar refractivity (Wildman–Crippen MR) is 195 cm³/mol. The monoisotopic (exact) mass is 714 g/mol. The maximum Gasteiger partial charge on any atom is 0.437 e. The first kappa shape index (κ1) is 42.3. The van der Waals surface area contributed by atoms with Gasteiger partial charge in [0.1, 0.15) is 28.4 Å². The van der Waals surface area contributed by atoms with E-state index in [9.17, 15) is 14.4 Å².